The van der Waals surface area contributed by atoms with Gasteiger partial charge < -0.3 is 13.7 Å². The van der Waals surface area contributed by atoms with Crippen molar-refractivity contribution >= 4 is 65.4 Å². The molecule has 0 saturated carbocycles. The highest BCUT2D eigenvalue weighted by Gasteiger charge is 2.18. The topological polar surface area (TPSA) is 14.8 Å². The van der Waals surface area contributed by atoms with Crippen molar-refractivity contribution in [2.45, 2.75) is 0 Å². The van der Waals surface area contributed by atoms with Crippen molar-refractivity contribution in [1.82, 2.24) is 13.7 Å². The van der Waals surface area contributed by atoms with E-state index in [0.29, 0.717) is 0 Å². The quantitative estimate of drug-likeness (QED) is 0.144. The molecule has 3 heteroatoms. The van der Waals surface area contributed by atoms with Gasteiger partial charge in [-0.3, -0.25) is 0 Å². The molecule has 350 valence electrons. The lowest BCUT2D eigenvalue weighted by atomic mass is 9.93. The summed E-state index contributed by atoms with van der Waals surface area (Å²) in [7, 11) is 0. The van der Waals surface area contributed by atoms with E-state index in [1.165, 1.54) is 121 Å². The van der Waals surface area contributed by atoms with Gasteiger partial charge >= 0.3 is 0 Å². The summed E-state index contributed by atoms with van der Waals surface area (Å²) < 4.78 is 7.21. The summed E-state index contributed by atoms with van der Waals surface area (Å²) in [6, 6.07) is 104. The Morgan fingerprint density at radius 1 is 0.147 bits per heavy atom. The van der Waals surface area contributed by atoms with Crippen LogP contribution in [0.5, 0.6) is 0 Å². The maximum atomic E-state index is 2.44. The minimum absolute atomic E-state index is 1.12. The van der Waals surface area contributed by atoms with Crippen molar-refractivity contribution < 1.29 is 0 Å². The van der Waals surface area contributed by atoms with Crippen LogP contribution in [0, 0.1) is 0 Å². The van der Waals surface area contributed by atoms with Gasteiger partial charge in [-0.2, -0.15) is 0 Å². The predicted octanol–water partition coefficient (Wildman–Crippen LogP) is 19.3. The molecule has 0 aliphatic heterocycles. The van der Waals surface area contributed by atoms with Gasteiger partial charge in [-0.1, -0.05) is 182 Å². The Morgan fingerprint density at radius 3 is 0.707 bits per heavy atom. The highest BCUT2D eigenvalue weighted by molar-refractivity contribution is 6.13. The Morgan fingerprint density at radius 2 is 0.387 bits per heavy atom. The number of nitrogens with zero attached hydrogens (tertiary/aromatic N) is 3. The second-order valence-corrected chi connectivity index (χ2v) is 19.7. The van der Waals surface area contributed by atoms with Crippen LogP contribution in [0.25, 0.3) is 138 Å². The van der Waals surface area contributed by atoms with E-state index in [9.17, 15) is 0 Å². The highest BCUT2D eigenvalue weighted by Crippen LogP contribution is 2.41. The largest absolute Gasteiger partial charge is 0.309 e. The van der Waals surface area contributed by atoms with Gasteiger partial charge in [0.2, 0.25) is 0 Å². The van der Waals surface area contributed by atoms with E-state index in [0.717, 1.165) is 17.1 Å². The molecule has 0 unspecified atom stereocenters. The average Bonchev–Trinajstić information content (AvgIpc) is 4.13. The molecule has 0 atom stereocenters. The van der Waals surface area contributed by atoms with Crippen molar-refractivity contribution in [1.29, 1.82) is 0 Å². The van der Waals surface area contributed by atoms with Crippen LogP contribution in [0.15, 0.2) is 285 Å². The maximum absolute atomic E-state index is 2.44. The first-order valence-corrected chi connectivity index (χ1v) is 25.8. The van der Waals surface area contributed by atoms with Crippen LogP contribution in [0.3, 0.4) is 0 Å². The van der Waals surface area contributed by atoms with Gasteiger partial charge in [0.15, 0.2) is 0 Å². The molecule has 15 rings (SSSR count). The van der Waals surface area contributed by atoms with Gasteiger partial charge in [0.1, 0.15) is 0 Å². The molecule has 0 fully saturated rings. The Hall–Kier alpha value is -9.96. The summed E-state index contributed by atoms with van der Waals surface area (Å²) in [6.07, 6.45) is 0. The Balaban J connectivity index is 0.850. The molecule has 12 aromatic carbocycles. The monoisotopic (exact) mass is 953 g/mol. The van der Waals surface area contributed by atoms with E-state index >= 15 is 0 Å². The fourth-order valence-corrected chi connectivity index (χ4v) is 11.9. The van der Waals surface area contributed by atoms with E-state index in [-0.39, 0.29) is 0 Å². The van der Waals surface area contributed by atoms with Gasteiger partial charge in [-0.05, 0) is 159 Å². The lowest BCUT2D eigenvalue weighted by Gasteiger charge is -2.13. The molecule has 0 spiro atoms. The summed E-state index contributed by atoms with van der Waals surface area (Å²) in [5, 5.41) is 7.49. The summed E-state index contributed by atoms with van der Waals surface area (Å²) in [5.74, 6) is 0. The SMILES string of the molecule is c1ccc(-c2cc(-c3ccccc3)cc(-c3ccc(-n4c5ccc(-c6ccc(-n7c8ccccc8c8ccccc87)cc6)cc5c5cc(-c6ccc(-n7c8ccccc8c8ccccc87)cc6)ccc54)cc3)c2)cc1. The fraction of sp³-hybridized carbons (Fsp3) is 0. The molecule has 3 heterocycles. The van der Waals surface area contributed by atoms with Crippen LogP contribution >= 0.6 is 0 Å². The smallest absolute Gasteiger partial charge is 0.0541 e. The zero-order chi connectivity index (χ0) is 49.4. The average molecular weight is 954 g/mol. The van der Waals surface area contributed by atoms with Crippen LogP contribution in [-0.2, 0) is 0 Å². The first-order chi connectivity index (χ1) is 37.2. The number of hydrogen-bond acceptors (Lipinski definition) is 0. The van der Waals surface area contributed by atoms with Crippen LogP contribution in [0.2, 0.25) is 0 Å². The van der Waals surface area contributed by atoms with Crippen molar-refractivity contribution in [3.63, 3.8) is 0 Å². The number of hydrogen-bond donors (Lipinski definition) is 0. The maximum Gasteiger partial charge on any atom is 0.0541 e. The minimum Gasteiger partial charge on any atom is -0.309 e. The third-order valence-corrected chi connectivity index (χ3v) is 15.4. The molecule has 15 aromatic rings. The van der Waals surface area contributed by atoms with E-state index in [2.05, 4.69) is 299 Å². The Labute approximate surface area is 434 Å². The van der Waals surface area contributed by atoms with Gasteiger partial charge in [0.25, 0.3) is 0 Å². The Kier molecular flexibility index (Phi) is 9.89. The number of benzene rings is 12. The van der Waals surface area contributed by atoms with Crippen molar-refractivity contribution in [2.75, 3.05) is 0 Å². The molecular formula is C72H47N3. The Bertz CT molecular complexity index is 4270. The van der Waals surface area contributed by atoms with E-state index in [1.807, 2.05) is 0 Å². The van der Waals surface area contributed by atoms with Gasteiger partial charge in [0.05, 0.1) is 33.1 Å². The van der Waals surface area contributed by atoms with Crippen LogP contribution < -0.4 is 0 Å². The molecule has 3 aromatic heterocycles. The molecule has 0 aliphatic carbocycles. The lowest BCUT2D eigenvalue weighted by Crippen LogP contribution is -1.95. The number of rotatable bonds is 8. The molecular weight excluding hydrogens is 907 g/mol. The summed E-state index contributed by atoms with van der Waals surface area (Å²) in [6.45, 7) is 0. The normalized spacial score (nSPS) is 11.7. The van der Waals surface area contributed by atoms with E-state index < -0.39 is 0 Å². The predicted molar refractivity (Wildman–Crippen MR) is 317 cm³/mol. The second-order valence-electron chi connectivity index (χ2n) is 19.7. The third kappa shape index (κ3) is 7.12. The van der Waals surface area contributed by atoms with Crippen molar-refractivity contribution in [2.24, 2.45) is 0 Å². The number of aromatic nitrogens is 3. The standard InChI is InChI=1S/C72H47N3/c1-3-15-48(16-4-1)55-43-56(49-17-5-2-6-18-49)45-57(44-55)52-31-39-60(40-32-52)75-71-41-33-53(50-27-35-58(36-28-50)73-67-23-11-7-19-61(67)62-20-8-12-24-68(62)73)46-65(71)66-47-54(34-42-72(66)75)51-29-37-59(38-30-51)74-69-25-13-9-21-63(69)64-22-10-14-26-70(64)74/h1-47H. The molecule has 0 aliphatic rings. The summed E-state index contributed by atoms with van der Waals surface area (Å²) in [4.78, 5) is 0. The van der Waals surface area contributed by atoms with E-state index in [4.69, 9.17) is 0 Å². The van der Waals surface area contributed by atoms with Gasteiger partial charge in [0, 0.05) is 49.4 Å². The zero-order valence-corrected chi connectivity index (χ0v) is 41.0. The molecule has 75 heavy (non-hydrogen) atoms. The first-order valence-electron chi connectivity index (χ1n) is 25.8. The van der Waals surface area contributed by atoms with Crippen molar-refractivity contribution in [3.8, 4) is 72.7 Å². The molecule has 0 amide bonds. The molecule has 0 saturated heterocycles. The molecule has 3 nitrogen and oxygen atoms in total. The molecule has 0 radical (unpaired) electrons. The van der Waals surface area contributed by atoms with Crippen molar-refractivity contribution in [3.05, 3.63) is 285 Å². The highest BCUT2D eigenvalue weighted by atomic mass is 15.0. The molecule has 0 N–H and O–H groups in total. The van der Waals surface area contributed by atoms with Gasteiger partial charge in [-0.15, -0.1) is 0 Å². The van der Waals surface area contributed by atoms with E-state index in [1.54, 1.807) is 0 Å². The fourth-order valence-electron chi connectivity index (χ4n) is 11.9. The third-order valence-electron chi connectivity index (χ3n) is 15.4. The van der Waals surface area contributed by atoms with Crippen LogP contribution in [0.4, 0.5) is 0 Å². The number of fused-ring (bicyclic) bond motifs is 9. The van der Waals surface area contributed by atoms with Crippen LogP contribution in [-0.4, -0.2) is 13.7 Å². The minimum atomic E-state index is 1.12. The first kappa shape index (κ1) is 42.7. The van der Waals surface area contributed by atoms with Gasteiger partial charge in [-0.25, -0.2) is 0 Å². The lowest BCUT2D eigenvalue weighted by molar-refractivity contribution is 1.18. The van der Waals surface area contributed by atoms with Crippen LogP contribution in [0.1, 0.15) is 0 Å². The summed E-state index contributed by atoms with van der Waals surface area (Å²) >= 11 is 0. The zero-order valence-electron chi connectivity index (χ0n) is 41.0. The summed E-state index contributed by atoms with van der Waals surface area (Å²) in [5.41, 5.74) is 22.5. The number of para-hydroxylation sites is 4. The molecule has 0 bridgehead atoms. The second kappa shape index (κ2) is 17.4.